The van der Waals surface area contributed by atoms with Crippen LogP contribution in [0, 0.1) is 0 Å². The Labute approximate surface area is 182 Å². The van der Waals surface area contributed by atoms with Crippen LogP contribution in [0.5, 0.6) is 11.5 Å². The highest BCUT2D eigenvalue weighted by Gasteiger charge is 2.36. The molecule has 0 fully saturated rings. The van der Waals surface area contributed by atoms with Gasteiger partial charge in [0, 0.05) is 21.8 Å². The number of amides is 1. The predicted octanol–water partition coefficient (Wildman–Crippen LogP) is 4.33. The number of nitrogens with one attached hydrogen (secondary N) is 1. The molecule has 2 aromatic carbocycles. The van der Waals surface area contributed by atoms with E-state index in [4.69, 9.17) is 30.5 Å². The van der Waals surface area contributed by atoms with E-state index in [1.807, 2.05) is 0 Å². The van der Waals surface area contributed by atoms with Crippen molar-refractivity contribution in [3.63, 3.8) is 0 Å². The Hall–Kier alpha value is -2.91. The van der Waals surface area contributed by atoms with Crippen LogP contribution in [0.2, 0.25) is 5.02 Å². The van der Waals surface area contributed by atoms with E-state index in [-0.39, 0.29) is 30.1 Å². The van der Waals surface area contributed by atoms with Crippen LogP contribution in [0.25, 0.3) is 0 Å². The molecule has 0 spiro atoms. The molecule has 1 aliphatic heterocycles. The van der Waals surface area contributed by atoms with Crippen LogP contribution < -0.4 is 14.8 Å². The molecule has 2 aromatic rings. The van der Waals surface area contributed by atoms with Gasteiger partial charge in [-0.15, -0.1) is 0 Å². The molecular formula is C21H20ClF2NO6. The molecule has 0 unspecified atom stereocenters. The van der Waals surface area contributed by atoms with Crippen LogP contribution in [0.1, 0.15) is 30.6 Å². The molecule has 0 aliphatic carbocycles. The number of halogens is 3. The second-order valence-corrected chi connectivity index (χ2v) is 6.93. The number of benzene rings is 2. The van der Waals surface area contributed by atoms with Crippen molar-refractivity contribution in [3.8, 4) is 11.5 Å². The molecule has 0 aromatic heterocycles. The van der Waals surface area contributed by atoms with Crippen molar-refractivity contribution in [2.45, 2.75) is 32.2 Å². The molecule has 10 heteroatoms. The van der Waals surface area contributed by atoms with Crippen molar-refractivity contribution in [2.24, 2.45) is 0 Å². The zero-order valence-corrected chi connectivity index (χ0v) is 17.4. The minimum atomic E-state index is -3.13. The molecule has 1 N–H and O–H groups in total. The van der Waals surface area contributed by atoms with Crippen LogP contribution >= 0.6 is 11.6 Å². The number of para-hydroxylation sites is 1. The first-order valence-electron chi connectivity index (χ1n) is 9.37. The maximum Gasteiger partial charge on any atom is 0.387 e. The smallest absolute Gasteiger partial charge is 0.387 e. The quantitative estimate of drug-likeness (QED) is 0.626. The van der Waals surface area contributed by atoms with E-state index in [0.29, 0.717) is 16.3 Å². The van der Waals surface area contributed by atoms with E-state index in [9.17, 15) is 18.4 Å². The second kappa shape index (κ2) is 9.93. The summed E-state index contributed by atoms with van der Waals surface area (Å²) in [6, 6.07) is 9.20. The van der Waals surface area contributed by atoms with Gasteiger partial charge in [0.05, 0.1) is 20.1 Å². The maximum atomic E-state index is 13.2. The minimum Gasteiger partial charge on any atom is -0.493 e. The standard InChI is InChI=1S/C21H20ClF2NO6/c1-3-29-17(26)10-16-20(27)25-14-8-7-11(22)9-13(14)18(30-16)12-5-4-6-15(28-2)19(12)31-21(23)24/h4-9,16,18,21H,3,10H2,1-2H3,(H,25,27)/t16-,18-/m1/s1. The highest BCUT2D eigenvalue weighted by Crippen LogP contribution is 2.44. The number of rotatable bonds is 7. The largest absolute Gasteiger partial charge is 0.493 e. The predicted molar refractivity (Wildman–Crippen MR) is 108 cm³/mol. The number of carbonyl (C=O) groups excluding carboxylic acids is 2. The number of esters is 1. The molecule has 0 saturated heterocycles. The van der Waals surface area contributed by atoms with Crippen molar-refractivity contribution < 1.29 is 37.3 Å². The molecule has 1 amide bonds. The van der Waals surface area contributed by atoms with Gasteiger partial charge in [-0.05, 0) is 31.2 Å². The van der Waals surface area contributed by atoms with Crippen molar-refractivity contribution in [3.05, 3.63) is 52.5 Å². The van der Waals surface area contributed by atoms with Gasteiger partial charge in [0.25, 0.3) is 5.91 Å². The molecule has 2 atom stereocenters. The lowest BCUT2D eigenvalue weighted by atomic mass is 9.98. The Morgan fingerprint density at radius 2 is 2.03 bits per heavy atom. The van der Waals surface area contributed by atoms with Gasteiger partial charge in [0.2, 0.25) is 0 Å². The van der Waals surface area contributed by atoms with Crippen molar-refractivity contribution in [2.75, 3.05) is 19.0 Å². The van der Waals surface area contributed by atoms with Crippen LogP contribution in [-0.4, -0.2) is 38.3 Å². The number of hydrogen-bond donors (Lipinski definition) is 1. The number of anilines is 1. The summed E-state index contributed by atoms with van der Waals surface area (Å²) in [6.45, 7) is -1.36. The molecule has 0 radical (unpaired) electrons. The lowest BCUT2D eigenvalue weighted by Crippen LogP contribution is -2.32. The van der Waals surface area contributed by atoms with Crippen molar-refractivity contribution >= 4 is 29.2 Å². The Morgan fingerprint density at radius 1 is 1.26 bits per heavy atom. The summed E-state index contributed by atoms with van der Waals surface area (Å²) < 4.78 is 47.1. The fourth-order valence-corrected chi connectivity index (χ4v) is 3.43. The molecule has 166 valence electrons. The van der Waals surface area contributed by atoms with Crippen LogP contribution in [0.15, 0.2) is 36.4 Å². The van der Waals surface area contributed by atoms with E-state index in [1.165, 1.54) is 19.2 Å². The lowest BCUT2D eigenvalue weighted by molar-refractivity contribution is -0.150. The summed E-state index contributed by atoms with van der Waals surface area (Å²) in [7, 11) is 1.31. The monoisotopic (exact) mass is 455 g/mol. The van der Waals surface area contributed by atoms with Gasteiger partial charge in [-0.1, -0.05) is 23.7 Å². The normalized spacial score (nSPS) is 18.1. The van der Waals surface area contributed by atoms with E-state index in [2.05, 4.69) is 5.32 Å². The molecule has 3 rings (SSSR count). The van der Waals surface area contributed by atoms with Gasteiger partial charge in [-0.3, -0.25) is 9.59 Å². The first kappa shape index (κ1) is 22.8. The van der Waals surface area contributed by atoms with E-state index in [1.54, 1.807) is 31.2 Å². The minimum absolute atomic E-state index is 0.0513. The third-order valence-corrected chi connectivity index (χ3v) is 4.76. The molecule has 7 nitrogen and oxygen atoms in total. The van der Waals surface area contributed by atoms with E-state index >= 15 is 0 Å². The maximum absolute atomic E-state index is 13.2. The molecular weight excluding hydrogens is 436 g/mol. The average molecular weight is 456 g/mol. The third-order valence-electron chi connectivity index (χ3n) is 4.52. The third kappa shape index (κ3) is 5.23. The van der Waals surface area contributed by atoms with Gasteiger partial charge >= 0.3 is 12.6 Å². The molecule has 0 saturated carbocycles. The summed E-state index contributed by atoms with van der Waals surface area (Å²) >= 11 is 6.15. The van der Waals surface area contributed by atoms with Gasteiger partial charge in [0.1, 0.15) is 12.2 Å². The molecule has 1 aliphatic rings. The Kier molecular flexibility index (Phi) is 7.29. The first-order chi connectivity index (χ1) is 14.8. The van der Waals surface area contributed by atoms with Crippen LogP contribution in [0.3, 0.4) is 0 Å². The second-order valence-electron chi connectivity index (χ2n) is 6.49. The SMILES string of the molecule is CCOC(=O)C[C@H]1O[C@H](c2cccc(OC)c2OC(F)F)c2cc(Cl)ccc2NC1=O. The lowest BCUT2D eigenvalue weighted by Gasteiger charge is -2.24. The van der Waals surface area contributed by atoms with E-state index < -0.39 is 30.7 Å². The van der Waals surface area contributed by atoms with Crippen LogP contribution in [0.4, 0.5) is 14.5 Å². The van der Waals surface area contributed by atoms with Crippen molar-refractivity contribution in [1.29, 1.82) is 0 Å². The average Bonchev–Trinajstić information content (AvgIpc) is 2.84. The Morgan fingerprint density at radius 3 is 2.71 bits per heavy atom. The van der Waals surface area contributed by atoms with Gasteiger partial charge < -0.3 is 24.3 Å². The number of alkyl halides is 2. The van der Waals surface area contributed by atoms with Gasteiger partial charge in [-0.25, -0.2) is 0 Å². The molecule has 31 heavy (non-hydrogen) atoms. The van der Waals surface area contributed by atoms with Crippen molar-refractivity contribution in [1.82, 2.24) is 0 Å². The van der Waals surface area contributed by atoms with E-state index in [0.717, 1.165) is 0 Å². The fraction of sp³-hybridized carbons (Fsp3) is 0.333. The fourth-order valence-electron chi connectivity index (χ4n) is 3.25. The number of hydrogen-bond acceptors (Lipinski definition) is 6. The number of methoxy groups -OCH3 is 1. The summed E-state index contributed by atoms with van der Waals surface area (Å²) in [5.74, 6) is -1.42. The topological polar surface area (TPSA) is 83.1 Å². The highest BCUT2D eigenvalue weighted by molar-refractivity contribution is 6.30. The molecule has 1 heterocycles. The number of carbonyl (C=O) groups is 2. The summed E-state index contributed by atoms with van der Waals surface area (Å²) in [4.78, 5) is 24.7. The Bertz CT molecular complexity index is 971. The summed E-state index contributed by atoms with van der Waals surface area (Å²) in [6.07, 6.45) is -2.69. The number of fused-ring (bicyclic) bond motifs is 1. The van der Waals surface area contributed by atoms with Gasteiger partial charge in [-0.2, -0.15) is 8.78 Å². The Balaban J connectivity index is 2.13. The zero-order valence-electron chi connectivity index (χ0n) is 16.7. The highest BCUT2D eigenvalue weighted by atomic mass is 35.5. The summed E-state index contributed by atoms with van der Waals surface area (Å²) in [5.41, 5.74) is 0.935. The van der Waals surface area contributed by atoms with Crippen LogP contribution in [-0.2, 0) is 19.1 Å². The first-order valence-corrected chi connectivity index (χ1v) is 9.75. The molecule has 0 bridgehead atoms. The summed E-state index contributed by atoms with van der Waals surface area (Å²) in [5, 5.41) is 3.02. The number of ether oxygens (including phenoxy) is 4. The zero-order chi connectivity index (χ0) is 22.5. The van der Waals surface area contributed by atoms with Gasteiger partial charge in [0.15, 0.2) is 11.5 Å².